The van der Waals surface area contributed by atoms with Gasteiger partial charge in [0.25, 0.3) is 0 Å². The lowest BCUT2D eigenvalue weighted by Crippen LogP contribution is -2.23. The maximum Gasteiger partial charge on any atom is 0.0946 e. The van der Waals surface area contributed by atoms with Crippen LogP contribution < -0.4 is 5.32 Å². The molecule has 1 N–H and O–H groups in total. The van der Waals surface area contributed by atoms with Crippen LogP contribution in [0.2, 0.25) is 0 Å². The minimum absolute atomic E-state index is 0.586. The Hall–Kier alpha value is -1.91. The maximum absolute atomic E-state index is 4.08. The lowest BCUT2D eigenvalue weighted by molar-refractivity contribution is 0.446. The summed E-state index contributed by atoms with van der Waals surface area (Å²) in [5.41, 5.74) is 2.60. The van der Waals surface area contributed by atoms with Crippen molar-refractivity contribution in [1.29, 1.82) is 0 Å². The molecule has 1 atom stereocenters. The summed E-state index contributed by atoms with van der Waals surface area (Å²) >= 11 is 1.82. The summed E-state index contributed by atoms with van der Waals surface area (Å²) in [7, 11) is 0. The van der Waals surface area contributed by atoms with Gasteiger partial charge in [-0.3, -0.25) is 0 Å². The van der Waals surface area contributed by atoms with Crippen LogP contribution in [0.1, 0.15) is 11.8 Å². The minimum Gasteiger partial charge on any atom is -0.337 e. The molecule has 0 aliphatic carbocycles. The molecule has 0 spiro atoms. The molecule has 2 heterocycles. The first-order valence-electron chi connectivity index (χ1n) is 7.60. The Morgan fingerprint density at radius 2 is 2.09 bits per heavy atom. The fourth-order valence-electron chi connectivity index (χ4n) is 2.52. The van der Waals surface area contributed by atoms with Crippen LogP contribution in [0.25, 0.3) is 11.1 Å². The number of nitrogens with one attached hydrogen (secondary N) is 1. The van der Waals surface area contributed by atoms with Gasteiger partial charge in [0.15, 0.2) is 0 Å². The molecule has 0 fully saturated rings. The van der Waals surface area contributed by atoms with Gasteiger partial charge in [0, 0.05) is 30.4 Å². The molecule has 0 aliphatic heterocycles. The average molecular weight is 311 g/mol. The van der Waals surface area contributed by atoms with E-state index in [1.165, 1.54) is 16.0 Å². The molecule has 0 saturated carbocycles. The number of hydrogen-bond donors (Lipinski definition) is 1. The molecule has 1 aromatic carbocycles. The minimum atomic E-state index is 0.586. The second-order valence-corrected chi connectivity index (χ2v) is 6.66. The lowest BCUT2D eigenvalue weighted by Gasteiger charge is -2.12. The van der Waals surface area contributed by atoms with Gasteiger partial charge in [0.05, 0.1) is 6.33 Å². The second kappa shape index (κ2) is 7.38. The van der Waals surface area contributed by atoms with E-state index in [4.69, 9.17) is 0 Å². The Kier molecular flexibility index (Phi) is 5.03. The third-order valence-electron chi connectivity index (χ3n) is 3.63. The van der Waals surface area contributed by atoms with Crippen molar-refractivity contribution in [3.63, 3.8) is 0 Å². The normalized spacial score (nSPS) is 12.4. The van der Waals surface area contributed by atoms with E-state index < -0.39 is 0 Å². The predicted molar refractivity (Wildman–Crippen MR) is 92.9 cm³/mol. The number of nitrogens with zero attached hydrogens (tertiary/aromatic N) is 2. The van der Waals surface area contributed by atoms with Gasteiger partial charge in [-0.05, 0) is 35.0 Å². The fraction of sp³-hybridized carbons (Fsp3) is 0.278. The van der Waals surface area contributed by atoms with Crippen LogP contribution in [0.5, 0.6) is 0 Å². The van der Waals surface area contributed by atoms with Gasteiger partial charge in [-0.2, -0.15) is 0 Å². The number of benzene rings is 1. The van der Waals surface area contributed by atoms with Crippen LogP contribution in [-0.2, 0) is 13.1 Å². The van der Waals surface area contributed by atoms with E-state index in [2.05, 4.69) is 63.6 Å². The van der Waals surface area contributed by atoms with E-state index in [-0.39, 0.29) is 0 Å². The molecule has 3 aromatic rings. The molecule has 0 aliphatic rings. The molecular weight excluding hydrogens is 290 g/mol. The van der Waals surface area contributed by atoms with E-state index in [0.717, 1.165) is 19.6 Å². The zero-order valence-corrected chi connectivity index (χ0v) is 13.6. The van der Waals surface area contributed by atoms with E-state index >= 15 is 0 Å². The second-order valence-electron chi connectivity index (χ2n) is 5.66. The van der Waals surface area contributed by atoms with E-state index in [9.17, 15) is 0 Å². The average Bonchev–Trinajstić information content (AvgIpc) is 3.20. The highest BCUT2D eigenvalue weighted by atomic mass is 32.1. The van der Waals surface area contributed by atoms with Crippen molar-refractivity contribution in [3.8, 4) is 11.1 Å². The summed E-state index contributed by atoms with van der Waals surface area (Å²) in [6.07, 6.45) is 5.72. The van der Waals surface area contributed by atoms with Crippen LogP contribution in [-0.4, -0.2) is 16.1 Å². The van der Waals surface area contributed by atoms with E-state index in [0.29, 0.717) is 5.92 Å². The zero-order chi connectivity index (χ0) is 15.2. The molecule has 0 radical (unpaired) electrons. The summed E-state index contributed by atoms with van der Waals surface area (Å²) < 4.78 is 2.13. The molecule has 114 valence electrons. The van der Waals surface area contributed by atoms with Crippen LogP contribution in [0.3, 0.4) is 0 Å². The third kappa shape index (κ3) is 4.06. The van der Waals surface area contributed by atoms with Gasteiger partial charge in [0.2, 0.25) is 0 Å². The molecule has 0 bridgehead atoms. The zero-order valence-electron chi connectivity index (χ0n) is 12.8. The van der Waals surface area contributed by atoms with Crippen LogP contribution in [0, 0.1) is 5.92 Å². The Morgan fingerprint density at radius 1 is 1.23 bits per heavy atom. The first-order chi connectivity index (χ1) is 10.8. The van der Waals surface area contributed by atoms with Gasteiger partial charge in [-0.15, -0.1) is 11.3 Å². The molecule has 22 heavy (non-hydrogen) atoms. The van der Waals surface area contributed by atoms with Gasteiger partial charge in [-0.1, -0.05) is 37.3 Å². The van der Waals surface area contributed by atoms with Crippen LogP contribution >= 0.6 is 11.3 Å². The molecular formula is C18H21N3S. The molecule has 1 unspecified atom stereocenters. The van der Waals surface area contributed by atoms with Gasteiger partial charge < -0.3 is 9.88 Å². The number of rotatable bonds is 7. The third-order valence-corrected chi connectivity index (χ3v) is 4.57. The standard InChI is InChI=1S/C18H21N3S/c1-15(12-21-8-7-19-14-21)10-20-11-18-9-17(13-22-18)16-5-3-2-4-6-16/h2-9,13-15,20H,10-12H2,1H3. The molecule has 0 saturated heterocycles. The number of hydrogen-bond acceptors (Lipinski definition) is 3. The molecule has 0 amide bonds. The van der Waals surface area contributed by atoms with Gasteiger partial charge in [0.1, 0.15) is 0 Å². The highest BCUT2D eigenvalue weighted by molar-refractivity contribution is 7.10. The largest absolute Gasteiger partial charge is 0.337 e. The SMILES string of the molecule is CC(CNCc1cc(-c2ccccc2)cs1)Cn1ccnc1. The first kappa shape index (κ1) is 15.0. The van der Waals surface area contributed by atoms with Crippen molar-refractivity contribution in [3.05, 3.63) is 65.4 Å². The van der Waals surface area contributed by atoms with Crippen LogP contribution in [0.15, 0.2) is 60.5 Å². The Morgan fingerprint density at radius 3 is 2.86 bits per heavy atom. The van der Waals surface area contributed by atoms with E-state index in [1.807, 2.05) is 30.1 Å². The first-order valence-corrected chi connectivity index (χ1v) is 8.48. The summed E-state index contributed by atoms with van der Waals surface area (Å²) in [6, 6.07) is 12.8. The van der Waals surface area contributed by atoms with Crippen molar-refractivity contribution in [2.24, 2.45) is 5.92 Å². The number of imidazole rings is 1. The quantitative estimate of drug-likeness (QED) is 0.714. The molecule has 4 heteroatoms. The molecule has 3 nitrogen and oxygen atoms in total. The highest BCUT2D eigenvalue weighted by Gasteiger charge is 2.05. The Bertz CT molecular complexity index is 673. The summed E-state index contributed by atoms with van der Waals surface area (Å²) in [6.45, 7) is 5.21. The monoisotopic (exact) mass is 311 g/mol. The summed E-state index contributed by atoms with van der Waals surface area (Å²) in [5, 5.41) is 5.79. The molecule has 3 rings (SSSR count). The van der Waals surface area contributed by atoms with Crippen molar-refractivity contribution in [1.82, 2.24) is 14.9 Å². The van der Waals surface area contributed by atoms with Crippen molar-refractivity contribution in [2.45, 2.75) is 20.0 Å². The maximum atomic E-state index is 4.08. The fourth-order valence-corrected chi connectivity index (χ4v) is 3.38. The van der Waals surface area contributed by atoms with Gasteiger partial charge in [-0.25, -0.2) is 4.98 Å². The molecule has 2 aromatic heterocycles. The van der Waals surface area contributed by atoms with Crippen molar-refractivity contribution in [2.75, 3.05) is 6.54 Å². The summed E-state index contributed by atoms with van der Waals surface area (Å²) in [5.74, 6) is 0.586. The number of aromatic nitrogens is 2. The van der Waals surface area contributed by atoms with Crippen LogP contribution in [0.4, 0.5) is 0 Å². The van der Waals surface area contributed by atoms with E-state index in [1.54, 1.807) is 0 Å². The number of thiophene rings is 1. The topological polar surface area (TPSA) is 29.9 Å². The van der Waals surface area contributed by atoms with Crippen molar-refractivity contribution >= 4 is 11.3 Å². The highest BCUT2D eigenvalue weighted by Crippen LogP contribution is 2.25. The van der Waals surface area contributed by atoms with Gasteiger partial charge >= 0.3 is 0 Å². The smallest absolute Gasteiger partial charge is 0.0946 e. The Balaban J connectivity index is 1.47. The Labute approximate surface area is 135 Å². The van der Waals surface area contributed by atoms with Crippen molar-refractivity contribution < 1.29 is 0 Å². The lowest BCUT2D eigenvalue weighted by atomic mass is 10.1. The predicted octanol–water partition coefficient (Wildman–Crippen LogP) is 4.04. The summed E-state index contributed by atoms with van der Waals surface area (Å²) in [4.78, 5) is 5.46.